The molecule has 0 radical (unpaired) electrons. The molecule has 2 aromatic rings. The highest BCUT2D eigenvalue weighted by Crippen LogP contribution is 2.32. The number of hydrogen-bond acceptors (Lipinski definition) is 5. The van der Waals surface area contributed by atoms with Gasteiger partial charge in [-0.3, -0.25) is 25.8 Å². The van der Waals surface area contributed by atoms with Gasteiger partial charge in [-0.05, 0) is 86.9 Å². The Labute approximate surface area is 198 Å². The molecule has 0 aliphatic rings. The molecule has 0 saturated carbocycles. The fraction of sp³-hybridized carbons (Fsp3) is 0.167. The van der Waals surface area contributed by atoms with Crippen LogP contribution >= 0.6 is 60.0 Å². The Hall–Kier alpha value is -1.69. The molecule has 2 aromatic carbocycles. The average Bonchev–Trinajstić information content (AvgIpc) is 2.65. The largest absolute Gasteiger partial charge is 0.496 e. The fourth-order valence-electron chi connectivity index (χ4n) is 2.19. The summed E-state index contributed by atoms with van der Waals surface area (Å²) < 4.78 is 12.9. The van der Waals surface area contributed by atoms with Crippen LogP contribution in [0.2, 0.25) is 0 Å². The van der Waals surface area contributed by atoms with Crippen molar-refractivity contribution in [3.8, 4) is 11.5 Å². The van der Waals surface area contributed by atoms with Gasteiger partial charge in [-0.2, -0.15) is 0 Å². The zero-order chi connectivity index (χ0) is 21.6. The van der Waals surface area contributed by atoms with Crippen LogP contribution in [-0.4, -0.2) is 30.6 Å². The van der Waals surface area contributed by atoms with Gasteiger partial charge >= 0.3 is 0 Å². The number of hydrogen-bond donors (Lipinski definition) is 3. The molecule has 0 heterocycles. The van der Waals surface area contributed by atoms with Crippen molar-refractivity contribution in [1.82, 2.24) is 16.2 Å². The first-order valence-corrected chi connectivity index (χ1v) is 10.8. The van der Waals surface area contributed by atoms with Crippen molar-refractivity contribution < 1.29 is 19.1 Å². The first-order valence-electron chi connectivity index (χ1n) is 8.03. The molecular weight excluding hydrogens is 594 g/mol. The van der Waals surface area contributed by atoms with Gasteiger partial charge in [0.2, 0.25) is 0 Å². The van der Waals surface area contributed by atoms with E-state index in [1.54, 1.807) is 18.2 Å². The van der Waals surface area contributed by atoms with Crippen molar-refractivity contribution in [2.24, 2.45) is 0 Å². The van der Waals surface area contributed by atoms with E-state index in [2.05, 4.69) is 64.0 Å². The molecule has 0 saturated heterocycles. The van der Waals surface area contributed by atoms with Gasteiger partial charge in [-0.15, -0.1) is 0 Å². The Morgan fingerprint density at radius 1 is 1.07 bits per heavy atom. The van der Waals surface area contributed by atoms with Crippen LogP contribution in [0.25, 0.3) is 0 Å². The van der Waals surface area contributed by atoms with Crippen LogP contribution in [-0.2, 0) is 4.79 Å². The summed E-state index contributed by atoms with van der Waals surface area (Å²) in [5.74, 6) is 0.250. The van der Waals surface area contributed by atoms with Crippen LogP contribution in [0.4, 0.5) is 0 Å². The van der Waals surface area contributed by atoms with Gasteiger partial charge in [0.25, 0.3) is 11.8 Å². The summed E-state index contributed by atoms with van der Waals surface area (Å²) in [4.78, 5) is 24.2. The molecule has 11 heteroatoms. The maximum absolute atomic E-state index is 12.2. The normalized spacial score (nSPS) is 10.1. The first-order chi connectivity index (χ1) is 13.7. The standard InChI is InChI=1S/C18H16Br3N3O4S/c1-9-5-11(19)7-13(21)16(9)28-8-15(25)23-24-18(29)22-17(26)10-3-4-14(27-2)12(20)6-10/h3-7H,8H2,1-2H3,(H,23,25)(H2,22,24,26,29). The summed E-state index contributed by atoms with van der Waals surface area (Å²) in [7, 11) is 1.53. The van der Waals surface area contributed by atoms with Gasteiger partial charge < -0.3 is 9.47 Å². The Bertz CT molecular complexity index is 933. The minimum atomic E-state index is -0.469. The van der Waals surface area contributed by atoms with Crippen molar-refractivity contribution in [3.63, 3.8) is 0 Å². The lowest BCUT2D eigenvalue weighted by Gasteiger charge is -2.13. The van der Waals surface area contributed by atoms with Gasteiger partial charge in [-0.1, -0.05) is 15.9 Å². The van der Waals surface area contributed by atoms with Gasteiger partial charge in [0.05, 0.1) is 16.1 Å². The third-order valence-corrected chi connectivity index (χ3v) is 5.37. The van der Waals surface area contributed by atoms with Crippen LogP contribution in [0.3, 0.4) is 0 Å². The van der Waals surface area contributed by atoms with Crippen molar-refractivity contribution in [2.45, 2.75) is 6.92 Å². The van der Waals surface area contributed by atoms with E-state index in [0.29, 0.717) is 21.5 Å². The van der Waals surface area contributed by atoms with Crippen molar-refractivity contribution in [2.75, 3.05) is 13.7 Å². The smallest absolute Gasteiger partial charge is 0.276 e. The van der Waals surface area contributed by atoms with Crippen molar-refractivity contribution >= 4 is 76.9 Å². The number of nitrogens with one attached hydrogen (secondary N) is 3. The molecule has 29 heavy (non-hydrogen) atoms. The Balaban J connectivity index is 1.82. The number of ether oxygens (including phenoxy) is 2. The Morgan fingerprint density at radius 3 is 2.41 bits per heavy atom. The molecular formula is C18H16Br3N3O4S. The number of benzene rings is 2. The van der Waals surface area contributed by atoms with Gasteiger partial charge in [0.15, 0.2) is 11.7 Å². The van der Waals surface area contributed by atoms with Crippen LogP contribution in [0, 0.1) is 6.92 Å². The quantitative estimate of drug-likeness (QED) is 0.351. The van der Waals surface area contributed by atoms with E-state index in [0.717, 1.165) is 14.5 Å². The van der Waals surface area contributed by atoms with Crippen LogP contribution in [0.15, 0.2) is 43.7 Å². The SMILES string of the molecule is COc1ccc(C(=O)NC(=S)NNC(=O)COc2c(C)cc(Br)cc2Br)cc1Br. The number of carbonyl (C=O) groups is 2. The highest BCUT2D eigenvalue weighted by molar-refractivity contribution is 9.11. The topological polar surface area (TPSA) is 88.7 Å². The number of halogens is 3. The summed E-state index contributed by atoms with van der Waals surface area (Å²) in [5, 5.41) is 2.41. The molecule has 154 valence electrons. The lowest BCUT2D eigenvalue weighted by Crippen LogP contribution is -2.49. The minimum Gasteiger partial charge on any atom is -0.496 e. The second-order valence-corrected chi connectivity index (χ2v) is 8.66. The van der Waals surface area contributed by atoms with Gasteiger partial charge in [-0.25, -0.2) is 0 Å². The van der Waals surface area contributed by atoms with Crippen LogP contribution in [0.5, 0.6) is 11.5 Å². The average molecular weight is 610 g/mol. The van der Waals surface area contributed by atoms with E-state index in [1.165, 1.54) is 7.11 Å². The predicted octanol–water partition coefficient (Wildman–Crippen LogP) is 4.01. The van der Waals surface area contributed by atoms with E-state index in [9.17, 15) is 9.59 Å². The highest BCUT2D eigenvalue weighted by atomic mass is 79.9. The summed E-state index contributed by atoms with van der Waals surface area (Å²) in [6.07, 6.45) is 0. The lowest BCUT2D eigenvalue weighted by atomic mass is 10.2. The minimum absolute atomic E-state index is 0.0590. The number of thiocarbonyl (C=S) groups is 1. The number of amides is 2. The number of aryl methyl sites for hydroxylation is 1. The predicted molar refractivity (Wildman–Crippen MR) is 124 cm³/mol. The summed E-state index contributed by atoms with van der Waals surface area (Å²) in [6.45, 7) is 1.62. The molecule has 0 aromatic heterocycles. The van der Waals surface area contributed by atoms with Gasteiger partial charge in [0.1, 0.15) is 11.5 Å². The fourth-order valence-corrected chi connectivity index (χ4v) is 4.42. The molecule has 2 amide bonds. The second-order valence-electron chi connectivity index (χ2n) is 5.63. The van der Waals surface area contributed by atoms with E-state index < -0.39 is 11.8 Å². The summed E-state index contributed by atoms with van der Waals surface area (Å²) in [5.41, 5.74) is 6.05. The van der Waals surface area contributed by atoms with Crippen LogP contribution in [0.1, 0.15) is 15.9 Å². The molecule has 0 spiro atoms. The molecule has 0 atom stereocenters. The van der Waals surface area contributed by atoms with Crippen molar-refractivity contribution in [1.29, 1.82) is 0 Å². The lowest BCUT2D eigenvalue weighted by molar-refractivity contribution is -0.123. The number of rotatable bonds is 5. The molecule has 2 rings (SSSR count). The Morgan fingerprint density at radius 2 is 1.79 bits per heavy atom. The number of carbonyl (C=O) groups excluding carboxylic acids is 2. The molecule has 0 aliphatic carbocycles. The van der Waals surface area contributed by atoms with Crippen molar-refractivity contribution in [3.05, 3.63) is 54.9 Å². The number of methoxy groups -OCH3 is 1. The third kappa shape index (κ3) is 6.95. The maximum Gasteiger partial charge on any atom is 0.276 e. The Kier molecular flexibility index (Phi) is 8.87. The maximum atomic E-state index is 12.2. The monoisotopic (exact) mass is 607 g/mol. The summed E-state index contributed by atoms with van der Waals surface area (Å²) in [6, 6.07) is 8.53. The zero-order valence-electron chi connectivity index (χ0n) is 15.3. The molecule has 0 bridgehead atoms. The highest BCUT2D eigenvalue weighted by Gasteiger charge is 2.12. The van der Waals surface area contributed by atoms with Crippen LogP contribution < -0.4 is 25.6 Å². The molecule has 0 unspecified atom stereocenters. The zero-order valence-corrected chi connectivity index (χ0v) is 20.8. The number of hydrazine groups is 1. The molecule has 7 nitrogen and oxygen atoms in total. The first kappa shape index (κ1) is 23.6. The molecule has 0 fully saturated rings. The van der Waals surface area contributed by atoms with Gasteiger partial charge in [0, 0.05) is 10.0 Å². The second kappa shape index (κ2) is 10.9. The van der Waals surface area contributed by atoms with E-state index in [-0.39, 0.29) is 11.7 Å². The molecule has 3 N–H and O–H groups in total. The third-order valence-electron chi connectivity index (χ3n) is 3.50. The van der Waals surface area contributed by atoms with E-state index in [4.69, 9.17) is 21.7 Å². The summed E-state index contributed by atoms with van der Waals surface area (Å²) >= 11 is 15.1. The van der Waals surface area contributed by atoms with E-state index >= 15 is 0 Å². The molecule has 0 aliphatic heterocycles. The van der Waals surface area contributed by atoms with E-state index in [1.807, 2.05) is 19.1 Å².